The van der Waals surface area contributed by atoms with Gasteiger partial charge in [0, 0.05) is 16.6 Å². The molecule has 1 fully saturated rings. The lowest BCUT2D eigenvalue weighted by atomic mass is 9.99. The first kappa shape index (κ1) is 11.8. The third-order valence-electron chi connectivity index (χ3n) is 3.60. The molecule has 1 aromatic rings. The lowest BCUT2D eigenvalue weighted by Gasteiger charge is -2.22. The van der Waals surface area contributed by atoms with Crippen LogP contribution in [-0.4, -0.2) is 12.3 Å². The Morgan fingerprint density at radius 3 is 2.62 bits per heavy atom. The van der Waals surface area contributed by atoms with Gasteiger partial charge in [-0.1, -0.05) is 25.0 Å². The molecule has 0 bridgehead atoms. The molecular weight excluding hydrogens is 214 g/mol. The van der Waals surface area contributed by atoms with E-state index in [9.17, 15) is 0 Å². The van der Waals surface area contributed by atoms with Gasteiger partial charge in [0.25, 0.3) is 0 Å². The van der Waals surface area contributed by atoms with Crippen molar-refractivity contribution in [3.05, 3.63) is 24.3 Å². The quantitative estimate of drug-likeness (QED) is 0.776. The summed E-state index contributed by atoms with van der Waals surface area (Å²) >= 11 is 1.82. The van der Waals surface area contributed by atoms with Gasteiger partial charge in [0.05, 0.1) is 0 Å². The summed E-state index contributed by atoms with van der Waals surface area (Å²) in [5.41, 5.74) is 1.30. The molecule has 0 heterocycles. The lowest BCUT2D eigenvalue weighted by molar-refractivity contribution is 0.481. The second kappa shape index (κ2) is 5.62. The molecule has 1 aromatic carbocycles. The Bertz CT molecular complexity index is 331. The molecule has 16 heavy (non-hydrogen) atoms. The third kappa shape index (κ3) is 2.73. The van der Waals surface area contributed by atoms with E-state index in [1.165, 1.54) is 36.3 Å². The van der Waals surface area contributed by atoms with Crippen molar-refractivity contribution in [1.82, 2.24) is 0 Å². The number of nitrogens with one attached hydrogen (secondary N) is 1. The second-order valence-electron chi connectivity index (χ2n) is 4.68. The van der Waals surface area contributed by atoms with Crippen LogP contribution in [0, 0.1) is 5.92 Å². The summed E-state index contributed by atoms with van der Waals surface area (Å²) in [7, 11) is 0. The average molecular weight is 235 g/mol. The molecule has 0 aliphatic heterocycles. The number of anilines is 1. The smallest absolute Gasteiger partial charge is 0.0480 e. The molecule has 88 valence electrons. The number of rotatable bonds is 4. The molecule has 0 radical (unpaired) electrons. The highest BCUT2D eigenvalue weighted by atomic mass is 32.2. The molecule has 1 nitrogen and oxygen atoms in total. The summed E-state index contributed by atoms with van der Waals surface area (Å²) in [6, 6.07) is 9.21. The molecule has 0 aromatic heterocycles. The highest BCUT2D eigenvalue weighted by molar-refractivity contribution is 7.98. The van der Waals surface area contributed by atoms with Crippen molar-refractivity contribution in [1.29, 1.82) is 0 Å². The van der Waals surface area contributed by atoms with E-state index in [1.807, 2.05) is 11.8 Å². The van der Waals surface area contributed by atoms with Crippen molar-refractivity contribution < 1.29 is 0 Å². The maximum Gasteiger partial charge on any atom is 0.0480 e. The van der Waals surface area contributed by atoms with Gasteiger partial charge >= 0.3 is 0 Å². The van der Waals surface area contributed by atoms with Crippen molar-refractivity contribution in [2.75, 3.05) is 11.6 Å². The van der Waals surface area contributed by atoms with Crippen molar-refractivity contribution in [2.45, 2.75) is 43.5 Å². The Morgan fingerprint density at radius 1 is 1.25 bits per heavy atom. The van der Waals surface area contributed by atoms with E-state index in [2.05, 4.69) is 42.8 Å². The predicted molar refractivity (Wildman–Crippen MR) is 73.3 cm³/mol. The van der Waals surface area contributed by atoms with Gasteiger partial charge in [-0.25, -0.2) is 0 Å². The van der Waals surface area contributed by atoms with Crippen molar-refractivity contribution in [3.8, 4) is 0 Å². The van der Waals surface area contributed by atoms with Crippen LogP contribution in [0.15, 0.2) is 29.2 Å². The zero-order valence-corrected chi connectivity index (χ0v) is 11.0. The van der Waals surface area contributed by atoms with E-state index in [4.69, 9.17) is 0 Å². The Morgan fingerprint density at radius 2 is 1.94 bits per heavy atom. The zero-order chi connectivity index (χ0) is 11.4. The van der Waals surface area contributed by atoms with Gasteiger partial charge in [-0.3, -0.25) is 0 Å². The van der Waals surface area contributed by atoms with Gasteiger partial charge in [0.15, 0.2) is 0 Å². The van der Waals surface area contributed by atoms with Crippen LogP contribution in [0.1, 0.15) is 32.6 Å². The minimum absolute atomic E-state index is 0.607. The van der Waals surface area contributed by atoms with Crippen LogP contribution in [0.2, 0.25) is 0 Å². The van der Waals surface area contributed by atoms with Crippen LogP contribution in [0.4, 0.5) is 5.69 Å². The Kier molecular flexibility index (Phi) is 4.16. The minimum Gasteiger partial charge on any atom is -0.381 e. The molecule has 2 heteroatoms. The van der Waals surface area contributed by atoms with E-state index in [0.29, 0.717) is 6.04 Å². The van der Waals surface area contributed by atoms with Crippen LogP contribution in [0.5, 0.6) is 0 Å². The Hall–Kier alpha value is -0.630. The van der Waals surface area contributed by atoms with Gasteiger partial charge in [-0.2, -0.15) is 0 Å². The monoisotopic (exact) mass is 235 g/mol. The SMILES string of the molecule is CSc1ccccc1NC(C)C1CCCC1. The summed E-state index contributed by atoms with van der Waals surface area (Å²) in [6.07, 6.45) is 7.77. The van der Waals surface area contributed by atoms with Gasteiger partial charge in [0.1, 0.15) is 0 Å². The molecule has 2 rings (SSSR count). The predicted octanol–water partition coefficient (Wildman–Crippen LogP) is 4.40. The van der Waals surface area contributed by atoms with Gasteiger partial charge < -0.3 is 5.32 Å². The van der Waals surface area contributed by atoms with Crippen LogP contribution in [-0.2, 0) is 0 Å². The van der Waals surface area contributed by atoms with Crippen molar-refractivity contribution >= 4 is 17.4 Å². The number of para-hydroxylation sites is 1. The van der Waals surface area contributed by atoms with Crippen LogP contribution >= 0.6 is 11.8 Å². The molecule has 0 saturated heterocycles. The molecule has 1 atom stereocenters. The van der Waals surface area contributed by atoms with Crippen LogP contribution in [0.3, 0.4) is 0 Å². The van der Waals surface area contributed by atoms with E-state index in [0.717, 1.165) is 5.92 Å². The largest absolute Gasteiger partial charge is 0.381 e. The molecule has 0 spiro atoms. The molecule has 1 aliphatic carbocycles. The minimum atomic E-state index is 0.607. The maximum atomic E-state index is 3.68. The summed E-state index contributed by atoms with van der Waals surface area (Å²) < 4.78 is 0. The summed E-state index contributed by atoms with van der Waals surface area (Å²) in [4.78, 5) is 1.35. The maximum absolute atomic E-state index is 3.68. The molecule has 0 amide bonds. The Balaban J connectivity index is 2.01. The number of thioether (sulfide) groups is 1. The van der Waals surface area contributed by atoms with Crippen LogP contribution < -0.4 is 5.32 Å². The average Bonchev–Trinajstić information content (AvgIpc) is 2.83. The highest BCUT2D eigenvalue weighted by Gasteiger charge is 2.21. The number of hydrogen-bond donors (Lipinski definition) is 1. The molecule has 1 saturated carbocycles. The first-order chi connectivity index (χ1) is 7.81. The fourth-order valence-corrected chi connectivity index (χ4v) is 3.15. The normalized spacial score (nSPS) is 18.6. The molecule has 1 unspecified atom stereocenters. The van der Waals surface area contributed by atoms with Crippen molar-refractivity contribution in [2.24, 2.45) is 5.92 Å². The topological polar surface area (TPSA) is 12.0 Å². The summed E-state index contributed by atoms with van der Waals surface area (Å²) in [5.74, 6) is 0.870. The standard InChI is InChI=1S/C14H21NS/c1-11(12-7-3-4-8-12)15-13-9-5-6-10-14(13)16-2/h5-6,9-12,15H,3-4,7-8H2,1-2H3. The zero-order valence-electron chi connectivity index (χ0n) is 10.2. The van der Waals surface area contributed by atoms with E-state index in [-0.39, 0.29) is 0 Å². The molecule has 1 aliphatic rings. The second-order valence-corrected chi connectivity index (χ2v) is 5.53. The third-order valence-corrected chi connectivity index (χ3v) is 4.39. The van der Waals surface area contributed by atoms with Gasteiger partial charge in [-0.15, -0.1) is 11.8 Å². The first-order valence-electron chi connectivity index (χ1n) is 6.21. The Labute approximate surface area is 103 Å². The van der Waals surface area contributed by atoms with Gasteiger partial charge in [-0.05, 0) is 44.1 Å². The number of benzene rings is 1. The van der Waals surface area contributed by atoms with E-state index in [1.54, 1.807) is 0 Å². The summed E-state index contributed by atoms with van der Waals surface area (Å²) in [6.45, 7) is 2.33. The van der Waals surface area contributed by atoms with Crippen molar-refractivity contribution in [3.63, 3.8) is 0 Å². The van der Waals surface area contributed by atoms with E-state index >= 15 is 0 Å². The lowest BCUT2D eigenvalue weighted by Crippen LogP contribution is -2.23. The first-order valence-corrected chi connectivity index (χ1v) is 7.43. The fraction of sp³-hybridized carbons (Fsp3) is 0.571. The molecule has 1 N–H and O–H groups in total. The fourth-order valence-electron chi connectivity index (χ4n) is 2.58. The highest BCUT2D eigenvalue weighted by Crippen LogP contribution is 2.31. The molecular formula is C14H21NS. The number of hydrogen-bond acceptors (Lipinski definition) is 2. The van der Waals surface area contributed by atoms with E-state index < -0.39 is 0 Å². The van der Waals surface area contributed by atoms with Crippen LogP contribution in [0.25, 0.3) is 0 Å². The van der Waals surface area contributed by atoms with Gasteiger partial charge in [0.2, 0.25) is 0 Å². The summed E-state index contributed by atoms with van der Waals surface area (Å²) in [5, 5.41) is 3.68.